The molecule has 1 saturated heterocycles. The van der Waals surface area contributed by atoms with E-state index in [1.807, 2.05) is 20.8 Å². The Labute approximate surface area is 167 Å². The van der Waals surface area contributed by atoms with Gasteiger partial charge < -0.3 is 13.9 Å². The van der Waals surface area contributed by atoms with Crippen LogP contribution in [0.5, 0.6) is 0 Å². The second-order valence-electron chi connectivity index (χ2n) is 7.61. The number of hydrogen-bond acceptors (Lipinski definition) is 5. The molecule has 1 aliphatic heterocycles. The van der Waals surface area contributed by atoms with Crippen molar-refractivity contribution in [3.05, 3.63) is 16.8 Å². The summed E-state index contributed by atoms with van der Waals surface area (Å²) in [5.74, 6) is 0.195. The van der Waals surface area contributed by atoms with Crippen molar-refractivity contribution < 1.29 is 18.1 Å². The molecule has 2 rings (SSSR count). The molecule has 0 saturated carbocycles. The minimum Gasteiger partial charge on any atom is -0.432 e. The van der Waals surface area contributed by atoms with Crippen molar-refractivity contribution in [2.45, 2.75) is 82.8 Å². The molecule has 2 heterocycles. The maximum atomic E-state index is 12.5. The van der Waals surface area contributed by atoms with Gasteiger partial charge in [-0.1, -0.05) is 19.8 Å². The minimum atomic E-state index is -1.18. The summed E-state index contributed by atoms with van der Waals surface area (Å²) in [6.07, 6.45) is 7.32. The van der Waals surface area contributed by atoms with Crippen molar-refractivity contribution in [2.75, 3.05) is 13.2 Å². The fraction of sp³-hybridized carbons (Fsp3) is 0.833. The molecule has 0 unspecified atom stereocenters. The van der Waals surface area contributed by atoms with Crippen LogP contribution >= 0.6 is 15.9 Å². The number of unbranched alkanes of at least 4 members (excludes halogenated alkanes) is 2. The lowest BCUT2D eigenvalue weighted by molar-refractivity contribution is -0.164. The third-order valence-corrected chi connectivity index (χ3v) is 6.48. The summed E-state index contributed by atoms with van der Waals surface area (Å²) in [5.41, 5.74) is 0. The highest BCUT2D eigenvalue weighted by molar-refractivity contribution is 9.10. The minimum absolute atomic E-state index is 0.166. The Bertz CT molecular complexity index is 582. The molecule has 1 aromatic heterocycles. The number of aromatic nitrogens is 1. The summed E-state index contributed by atoms with van der Waals surface area (Å²) in [7, 11) is -1.18. The van der Waals surface area contributed by atoms with Gasteiger partial charge in [0.05, 0.1) is 41.2 Å². The zero-order valence-electron chi connectivity index (χ0n) is 16.2. The first kappa shape index (κ1) is 22.0. The van der Waals surface area contributed by atoms with Gasteiger partial charge in [-0.15, -0.1) is 0 Å². The summed E-state index contributed by atoms with van der Waals surface area (Å²) in [4.78, 5) is 4.29. The van der Waals surface area contributed by atoms with Gasteiger partial charge in [-0.05, 0) is 56.0 Å². The van der Waals surface area contributed by atoms with Crippen molar-refractivity contribution in [2.24, 2.45) is 0 Å². The largest absolute Gasteiger partial charge is 0.432 e. The van der Waals surface area contributed by atoms with E-state index in [1.54, 1.807) is 6.20 Å². The Morgan fingerprint density at radius 1 is 1.31 bits per heavy atom. The molecule has 1 N–H and O–H groups in total. The molecule has 1 aliphatic rings. The van der Waals surface area contributed by atoms with E-state index in [-0.39, 0.29) is 16.6 Å². The van der Waals surface area contributed by atoms with Crippen molar-refractivity contribution >= 4 is 26.9 Å². The fourth-order valence-corrected chi connectivity index (χ4v) is 4.01. The first-order valence-electron chi connectivity index (χ1n) is 9.33. The first-order chi connectivity index (χ1) is 12.3. The van der Waals surface area contributed by atoms with E-state index in [2.05, 4.69) is 32.6 Å². The van der Waals surface area contributed by atoms with Crippen molar-refractivity contribution in [1.82, 2.24) is 9.71 Å². The van der Waals surface area contributed by atoms with Crippen molar-refractivity contribution in [3.63, 3.8) is 0 Å². The molecular formula is C18H31BrN2O4S. The third-order valence-electron chi connectivity index (χ3n) is 4.50. The Morgan fingerprint density at radius 3 is 2.54 bits per heavy atom. The molecule has 26 heavy (non-hydrogen) atoms. The molecule has 8 heteroatoms. The van der Waals surface area contributed by atoms with Crippen molar-refractivity contribution in [3.8, 4) is 0 Å². The van der Waals surface area contributed by atoms with Crippen LogP contribution in [0.25, 0.3) is 0 Å². The normalized spacial score (nSPS) is 19.6. The number of ether oxygens (including phenoxy) is 2. The van der Waals surface area contributed by atoms with Crippen LogP contribution in [0.4, 0.5) is 0 Å². The summed E-state index contributed by atoms with van der Waals surface area (Å²) < 4.78 is 33.1. The van der Waals surface area contributed by atoms with Gasteiger partial charge in [0.25, 0.3) is 0 Å². The Balaban J connectivity index is 1.83. The molecule has 0 radical (unpaired) electrons. The van der Waals surface area contributed by atoms with Gasteiger partial charge in [-0.25, -0.2) is 13.9 Å². The van der Waals surface area contributed by atoms with Crippen LogP contribution < -0.4 is 4.72 Å². The van der Waals surface area contributed by atoms with E-state index in [4.69, 9.17) is 13.9 Å². The van der Waals surface area contributed by atoms with Gasteiger partial charge in [0.15, 0.2) is 10.5 Å². The summed E-state index contributed by atoms with van der Waals surface area (Å²) in [6.45, 7) is 9.34. The van der Waals surface area contributed by atoms with E-state index < -0.39 is 11.0 Å². The van der Waals surface area contributed by atoms with E-state index >= 15 is 0 Å². The van der Waals surface area contributed by atoms with E-state index in [0.29, 0.717) is 23.8 Å². The Morgan fingerprint density at radius 2 is 2.00 bits per heavy atom. The lowest BCUT2D eigenvalue weighted by Gasteiger charge is -2.26. The van der Waals surface area contributed by atoms with Gasteiger partial charge in [-0.2, -0.15) is 0 Å². The SMILES string of the molecule is CCC1(CCCCC[C@H](N[S@](=O)C(C)(C)C)c2ncc(Br)o2)OCCO1. The second kappa shape index (κ2) is 9.78. The van der Waals surface area contributed by atoms with E-state index in [9.17, 15) is 4.21 Å². The highest BCUT2D eigenvalue weighted by atomic mass is 79.9. The molecule has 150 valence electrons. The van der Waals surface area contributed by atoms with Gasteiger partial charge >= 0.3 is 0 Å². The molecule has 0 aliphatic carbocycles. The molecule has 6 nitrogen and oxygen atoms in total. The third kappa shape index (κ3) is 6.41. The fourth-order valence-electron chi connectivity index (χ4n) is 2.91. The number of rotatable bonds is 10. The zero-order valence-corrected chi connectivity index (χ0v) is 18.6. The predicted octanol–water partition coefficient (Wildman–Crippen LogP) is 4.63. The molecule has 1 aromatic rings. The predicted molar refractivity (Wildman–Crippen MR) is 106 cm³/mol. The molecule has 0 spiro atoms. The zero-order chi connectivity index (χ0) is 19.2. The molecule has 1 fully saturated rings. The van der Waals surface area contributed by atoms with Gasteiger partial charge in [0.2, 0.25) is 5.89 Å². The van der Waals surface area contributed by atoms with Crippen LogP contribution in [0.2, 0.25) is 0 Å². The lowest BCUT2D eigenvalue weighted by Crippen LogP contribution is -2.36. The standard InChI is InChI=1S/C18H31BrN2O4S/c1-5-18(23-11-12-24-18)10-8-6-7-9-14(16-20-13-15(19)25-16)21-26(22)17(2,3)4/h13-14,21H,5-12H2,1-4H3/t14-,26+/m0/s1. The highest BCUT2D eigenvalue weighted by Crippen LogP contribution is 2.30. The molecular weight excluding hydrogens is 420 g/mol. The maximum Gasteiger partial charge on any atom is 0.213 e. The van der Waals surface area contributed by atoms with Crippen molar-refractivity contribution in [1.29, 1.82) is 0 Å². The topological polar surface area (TPSA) is 73.6 Å². The number of oxazole rings is 1. The number of nitrogens with one attached hydrogen (secondary N) is 1. The first-order valence-corrected chi connectivity index (χ1v) is 11.3. The number of hydrogen-bond donors (Lipinski definition) is 1. The maximum absolute atomic E-state index is 12.5. The summed E-state index contributed by atoms with van der Waals surface area (Å²) >= 11 is 3.29. The van der Waals surface area contributed by atoms with Crippen LogP contribution in [-0.2, 0) is 20.5 Å². The Kier molecular flexibility index (Phi) is 8.28. The van der Waals surface area contributed by atoms with Gasteiger partial charge in [-0.3, -0.25) is 0 Å². The average Bonchev–Trinajstić information content (AvgIpc) is 3.22. The lowest BCUT2D eigenvalue weighted by atomic mass is 10.0. The molecule has 0 amide bonds. The van der Waals surface area contributed by atoms with Crippen LogP contribution in [-0.4, -0.2) is 32.9 Å². The Hall–Kier alpha value is -0.280. The highest BCUT2D eigenvalue weighted by Gasteiger charge is 2.33. The smallest absolute Gasteiger partial charge is 0.213 e. The second-order valence-corrected chi connectivity index (χ2v) is 10.4. The van der Waals surface area contributed by atoms with Crippen LogP contribution in [0.1, 0.15) is 78.2 Å². The molecule has 0 aromatic carbocycles. The average molecular weight is 451 g/mol. The molecule has 0 bridgehead atoms. The summed E-state index contributed by atoms with van der Waals surface area (Å²) in [6, 6.07) is -0.166. The van der Waals surface area contributed by atoms with Gasteiger partial charge in [0, 0.05) is 6.42 Å². The quantitative estimate of drug-likeness (QED) is 0.525. The van der Waals surface area contributed by atoms with E-state index in [0.717, 1.165) is 38.5 Å². The van der Waals surface area contributed by atoms with Gasteiger partial charge in [0.1, 0.15) is 0 Å². The molecule has 2 atom stereocenters. The summed E-state index contributed by atoms with van der Waals surface area (Å²) in [5, 5.41) is 0. The van der Waals surface area contributed by atoms with Crippen LogP contribution in [0.3, 0.4) is 0 Å². The number of halogens is 1. The van der Waals surface area contributed by atoms with Crippen LogP contribution in [0, 0.1) is 0 Å². The number of nitrogens with zero attached hydrogens (tertiary/aromatic N) is 1. The van der Waals surface area contributed by atoms with E-state index in [1.165, 1.54) is 0 Å². The monoisotopic (exact) mass is 450 g/mol. The van der Waals surface area contributed by atoms with Crippen LogP contribution in [0.15, 0.2) is 15.3 Å².